The molecule has 0 saturated heterocycles. The third-order valence-corrected chi connectivity index (χ3v) is 4.57. The van der Waals surface area contributed by atoms with Crippen molar-refractivity contribution in [1.29, 1.82) is 0 Å². The molecule has 0 radical (unpaired) electrons. The van der Waals surface area contributed by atoms with E-state index >= 15 is 0 Å². The summed E-state index contributed by atoms with van der Waals surface area (Å²) in [6.45, 7) is 0. The predicted octanol–water partition coefficient (Wildman–Crippen LogP) is 1.28. The van der Waals surface area contributed by atoms with Crippen LogP contribution in [0, 0.1) is 16.0 Å². The first-order valence-corrected chi connectivity index (χ1v) is 6.88. The molecule has 0 spiro atoms. The lowest BCUT2D eigenvalue weighted by atomic mass is 9.96. The standard InChI is InChI=1S/C12H15N3O3S/c13-11(16)12(14,8-5-6-8)7-19-10-4-2-1-3-9(10)15(17)18/h1-4,8H,5-7,14H2,(H2,13,16). The topological polar surface area (TPSA) is 112 Å². The van der Waals surface area contributed by atoms with Crippen LogP contribution in [-0.2, 0) is 4.79 Å². The number of amides is 1. The Hall–Kier alpha value is -1.60. The number of nitrogens with zero attached hydrogens (tertiary/aromatic N) is 1. The maximum absolute atomic E-state index is 11.5. The SMILES string of the molecule is NC(=O)C(N)(CSc1ccccc1[N+](=O)[O-])C1CC1. The molecule has 1 aromatic carbocycles. The Morgan fingerprint density at radius 2 is 2.11 bits per heavy atom. The summed E-state index contributed by atoms with van der Waals surface area (Å²) in [7, 11) is 0. The Kier molecular flexibility index (Phi) is 3.77. The first-order chi connectivity index (χ1) is 8.95. The maximum atomic E-state index is 11.5. The van der Waals surface area contributed by atoms with Crippen LogP contribution in [0.15, 0.2) is 29.2 Å². The molecule has 19 heavy (non-hydrogen) atoms. The van der Waals surface area contributed by atoms with Crippen molar-refractivity contribution in [2.75, 3.05) is 5.75 Å². The highest BCUT2D eigenvalue weighted by Gasteiger charge is 2.46. The number of nitrogens with two attached hydrogens (primary N) is 2. The van der Waals surface area contributed by atoms with Gasteiger partial charge in [0.15, 0.2) is 0 Å². The zero-order valence-electron chi connectivity index (χ0n) is 10.2. The summed E-state index contributed by atoms with van der Waals surface area (Å²) < 4.78 is 0. The van der Waals surface area contributed by atoms with Crippen molar-refractivity contribution in [3.63, 3.8) is 0 Å². The third-order valence-electron chi connectivity index (χ3n) is 3.29. The highest BCUT2D eigenvalue weighted by atomic mass is 32.2. The maximum Gasteiger partial charge on any atom is 0.282 e. The Balaban J connectivity index is 2.14. The van der Waals surface area contributed by atoms with Crippen LogP contribution in [0.3, 0.4) is 0 Å². The van der Waals surface area contributed by atoms with Crippen LogP contribution in [-0.4, -0.2) is 22.1 Å². The zero-order valence-corrected chi connectivity index (χ0v) is 11.1. The first-order valence-electron chi connectivity index (χ1n) is 5.90. The van der Waals surface area contributed by atoms with Gasteiger partial charge >= 0.3 is 0 Å². The van der Waals surface area contributed by atoms with Crippen molar-refractivity contribution in [3.8, 4) is 0 Å². The van der Waals surface area contributed by atoms with Gasteiger partial charge in [0.2, 0.25) is 5.91 Å². The largest absolute Gasteiger partial charge is 0.368 e. The predicted molar refractivity (Wildman–Crippen MR) is 72.7 cm³/mol. The normalized spacial score (nSPS) is 17.7. The second kappa shape index (κ2) is 5.18. The lowest BCUT2D eigenvalue weighted by Crippen LogP contribution is -2.56. The van der Waals surface area contributed by atoms with E-state index in [1.54, 1.807) is 18.2 Å². The van der Waals surface area contributed by atoms with Crippen molar-refractivity contribution >= 4 is 23.4 Å². The molecule has 102 valence electrons. The number of hydrogen-bond acceptors (Lipinski definition) is 5. The fourth-order valence-electron chi connectivity index (χ4n) is 1.92. The number of para-hydroxylation sites is 1. The number of nitro benzene ring substituents is 1. The van der Waals surface area contributed by atoms with Gasteiger partial charge in [0.1, 0.15) is 5.54 Å². The van der Waals surface area contributed by atoms with Crippen LogP contribution in [0.4, 0.5) is 5.69 Å². The molecule has 1 saturated carbocycles. The first kappa shape index (κ1) is 13.8. The van der Waals surface area contributed by atoms with Crippen molar-refractivity contribution in [2.24, 2.45) is 17.4 Å². The lowest BCUT2D eigenvalue weighted by molar-refractivity contribution is -0.387. The molecule has 7 heteroatoms. The lowest BCUT2D eigenvalue weighted by Gasteiger charge is -2.25. The average Bonchev–Trinajstić information content (AvgIpc) is 3.20. The summed E-state index contributed by atoms with van der Waals surface area (Å²) in [6.07, 6.45) is 1.77. The minimum atomic E-state index is -1.08. The van der Waals surface area contributed by atoms with E-state index in [9.17, 15) is 14.9 Å². The van der Waals surface area contributed by atoms with Gasteiger partial charge in [-0.3, -0.25) is 14.9 Å². The monoisotopic (exact) mass is 281 g/mol. The number of thioether (sulfide) groups is 1. The van der Waals surface area contributed by atoms with Crippen molar-refractivity contribution in [1.82, 2.24) is 0 Å². The van der Waals surface area contributed by atoms with Gasteiger partial charge in [0.05, 0.1) is 9.82 Å². The van der Waals surface area contributed by atoms with E-state index in [1.165, 1.54) is 17.8 Å². The van der Waals surface area contributed by atoms with E-state index in [2.05, 4.69) is 0 Å². The summed E-state index contributed by atoms with van der Waals surface area (Å²) >= 11 is 1.21. The van der Waals surface area contributed by atoms with Gasteiger partial charge in [-0.1, -0.05) is 12.1 Å². The highest BCUT2D eigenvalue weighted by Crippen LogP contribution is 2.41. The molecule has 0 aromatic heterocycles. The summed E-state index contributed by atoms with van der Waals surface area (Å²) in [4.78, 5) is 22.4. The third kappa shape index (κ3) is 2.87. The second-order valence-corrected chi connectivity index (χ2v) is 5.71. The minimum absolute atomic E-state index is 0.0233. The molecule has 1 aliphatic carbocycles. The molecule has 0 aliphatic heterocycles. The van der Waals surface area contributed by atoms with Gasteiger partial charge in [0, 0.05) is 11.8 Å². The molecule has 1 atom stereocenters. The molecule has 4 N–H and O–H groups in total. The van der Waals surface area contributed by atoms with Crippen molar-refractivity contribution < 1.29 is 9.72 Å². The number of rotatable bonds is 6. The van der Waals surface area contributed by atoms with E-state index in [1.807, 2.05) is 0 Å². The average molecular weight is 281 g/mol. The van der Waals surface area contributed by atoms with Gasteiger partial charge < -0.3 is 11.5 Å². The molecule has 1 amide bonds. The van der Waals surface area contributed by atoms with Crippen LogP contribution in [0.2, 0.25) is 0 Å². The number of carbonyl (C=O) groups is 1. The smallest absolute Gasteiger partial charge is 0.282 e. The van der Waals surface area contributed by atoms with E-state index < -0.39 is 16.4 Å². The molecule has 1 aromatic rings. The number of benzene rings is 1. The van der Waals surface area contributed by atoms with Crippen LogP contribution < -0.4 is 11.5 Å². The van der Waals surface area contributed by atoms with Gasteiger partial charge in [-0.2, -0.15) is 0 Å². The summed E-state index contributed by atoms with van der Waals surface area (Å²) in [6, 6.07) is 6.40. The van der Waals surface area contributed by atoms with Gasteiger partial charge in [-0.05, 0) is 24.8 Å². The van der Waals surface area contributed by atoms with Crippen LogP contribution in [0.25, 0.3) is 0 Å². The number of primary amides is 1. The van der Waals surface area contributed by atoms with Crippen molar-refractivity contribution in [3.05, 3.63) is 34.4 Å². The van der Waals surface area contributed by atoms with Crippen LogP contribution in [0.5, 0.6) is 0 Å². The molecule has 0 bridgehead atoms. The summed E-state index contributed by atoms with van der Waals surface area (Å²) in [5.74, 6) is -0.181. The van der Waals surface area contributed by atoms with Crippen LogP contribution >= 0.6 is 11.8 Å². The van der Waals surface area contributed by atoms with Gasteiger partial charge in [-0.15, -0.1) is 11.8 Å². The molecule has 1 aliphatic rings. The molecule has 0 heterocycles. The van der Waals surface area contributed by atoms with Crippen LogP contribution in [0.1, 0.15) is 12.8 Å². The number of carbonyl (C=O) groups excluding carboxylic acids is 1. The Morgan fingerprint density at radius 1 is 1.47 bits per heavy atom. The molecule has 1 fully saturated rings. The van der Waals surface area contributed by atoms with Gasteiger partial charge in [-0.25, -0.2) is 0 Å². The molecule has 6 nitrogen and oxygen atoms in total. The van der Waals surface area contributed by atoms with E-state index in [-0.39, 0.29) is 17.4 Å². The quantitative estimate of drug-likeness (QED) is 0.463. The fourth-order valence-corrected chi connectivity index (χ4v) is 3.15. The minimum Gasteiger partial charge on any atom is -0.368 e. The zero-order chi connectivity index (χ0) is 14.0. The van der Waals surface area contributed by atoms with E-state index in [0.717, 1.165) is 12.8 Å². The van der Waals surface area contributed by atoms with E-state index in [0.29, 0.717) is 4.90 Å². The summed E-state index contributed by atoms with van der Waals surface area (Å²) in [5.41, 5.74) is 10.4. The number of hydrogen-bond donors (Lipinski definition) is 2. The highest BCUT2D eigenvalue weighted by molar-refractivity contribution is 7.99. The Bertz CT molecular complexity index is 519. The second-order valence-electron chi connectivity index (χ2n) is 4.69. The Labute approximate surface area is 114 Å². The van der Waals surface area contributed by atoms with Crippen molar-refractivity contribution in [2.45, 2.75) is 23.3 Å². The number of nitro groups is 1. The Morgan fingerprint density at radius 3 is 2.63 bits per heavy atom. The fraction of sp³-hybridized carbons (Fsp3) is 0.417. The molecule has 2 rings (SSSR count). The summed E-state index contributed by atoms with van der Waals surface area (Å²) in [5, 5.41) is 10.9. The van der Waals surface area contributed by atoms with Gasteiger partial charge in [0.25, 0.3) is 5.69 Å². The molecular formula is C12H15N3O3S. The molecular weight excluding hydrogens is 266 g/mol. The molecule has 1 unspecified atom stereocenters. The van der Waals surface area contributed by atoms with E-state index in [4.69, 9.17) is 11.5 Å².